The predicted octanol–water partition coefficient (Wildman–Crippen LogP) is -0.623. The van der Waals surface area contributed by atoms with Crippen molar-refractivity contribution < 1.29 is 9.41 Å². The van der Waals surface area contributed by atoms with E-state index in [0.29, 0.717) is 5.46 Å². The highest BCUT2D eigenvalue weighted by Gasteiger charge is 1.98. The molecule has 0 fully saturated rings. The Kier molecular flexibility index (Phi) is 1.92. The summed E-state index contributed by atoms with van der Waals surface area (Å²) in [6.45, 7) is 0. The van der Waals surface area contributed by atoms with Crippen LogP contribution in [0, 0.1) is 5.82 Å². The lowest BCUT2D eigenvalue weighted by molar-refractivity contribution is 0.614. The smallest absolute Gasteiger partial charge is 0.304 e. The van der Waals surface area contributed by atoms with Crippen molar-refractivity contribution in [2.75, 3.05) is 5.73 Å². The van der Waals surface area contributed by atoms with Crippen LogP contribution in [0.3, 0.4) is 0 Å². The molecule has 10 heavy (non-hydrogen) atoms. The van der Waals surface area contributed by atoms with Gasteiger partial charge in [-0.1, -0.05) is 11.5 Å². The fourth-order valence-corrected chi connectivity index (χ4v) is 0.692. The number of nitrogen functional groups attached to an aromatic ring is 1. The van der Waals surface area contributed by atoms with Gasteiger partial charge in [0.2, 0.25) is 0 Å². The summed E-state index contributed by atoms with van der Waals surface area (Å²) in [6, 6.07) is 4.14. The number of benzene rings is 1. The second-order valence-corrected chi connectivity index (χ2v) is 2.01. The molecule has 0 unspecified atom stereocenters. The van der Waals surface area contributed by atoms with Crippen LogP contribution in [0.5, 0.6) is 0 Å². The van der Waals surface area contributed by atoms with E-state index in [9.17, 15) is 4.39 Å². The Morgan fingerprint density at radius 3 is 2.70 bits per heavy atom. The van der Waals surface area contributed by atoms with E-state index in [2.05, 4.69) is 0 Å². The van der Waals surface area contributed by atoms with Crippen molar-refractivity contribution in [3.8, 4) is 0 Å². The summed E-state index contributed by atoms with van der Waals surface area (Å²) in [4.78, 5) is 0. The monoisotopic (exact) mass is 139 g/mol. The predicted molar refractivity (Wildman–Crippen MR) is 39.8 cm³/mol. The topological polar surface area (TPSA) is 46.2 Å². The second-order valence-electron chi connectivity index (χ2n) is 2.01. The molecule has 1 aromatic rings. The number of anilines is 1. The Bertz CT molecular complexity index is 241. The van der Waals surface area contributed by atoms with Crippen molar-refractivity contribution in [2.24, 2.45) is 0 Å². The molecule has 0 amide bonds. The molecule has 0 aromatic heterocycles. The summed E-state index contributed by atoms with van der Waals surface area (Å²) in [5.74, 6) is -0.447. The first-order valence-corrected chi connectivity index (χ1v) is 2.89. The Hall–Kier alpha value is -1.03. The number of hydrogen-bond donors (Lipinski definition) is 2. The zero-order valence-corrected chi connectivity index (χ0v) is 5.34. The molecule has 0 radical (unpaired) electrons. The van der Waals surface area contributed by atoms with Crippen LogP contribution in [-0.4, -0.2) is 12.5 Å². The minimum absolute atomic E-state index is 0.0755. The zero-order valence-electron chi connectivity index (χ0n) is 5.34. The van der Waals surface area contributed by atoms with Crippen LogP contribution in [-0.2, 0) is 0 Å². The van der Waals surface area contributed by atoms with Crippen LogP contribution < -0.4 is 11.2 Å². The maximum Gasteiger partial charge on any atom is 0.304 e. The van der Waals surface area contributed by atoms with Crippen molar-refractivity contribution in [3.05, 3.63) is 24.0 Å². The molecular formula is C6H7BFNO. The van der Waals surface area contributed by atoms with Crippen molar-refractivity contribution in [2.45, 2.75) is 0 Å². The first-order chi connectivity index (χ1) is 4.74. The first-order valence-electron chi connectivity index (χ1n) is 2.89. The summed E-state index contributed by atoms with van der Waals surface area (Å²) < 4.78 is 12.4. The SMILES string of the molecule is Nc1cc(BO)ccc1F. The number of nitrogens with two attached hydrogens (primary N) is 1. The molecule has 0 bridgehead atoms. The Morgan fingerprint density at radius 1 is 1.50 bits per heavy atom. The van der Waals surface area contributed by atoms with Crippen LogP contribution in [0.25, 0.3) is 0 Å². The first kappa shape index (κ1) is 7.09. The molecule has 3 N–H and O–H groups in total. The molecular weight excluding hydrogens is 132 g/mol. The van der Waals surface area contributed by atoms with Gasteiger partial charge in [0.25, 0.3) is 0 Å². The molecule has 4 heteroatoms. The summed E-state index contributed by atoms with van der Waals surface area (Å²) in [7, 11) is -0.107. The summed E-state index contributed by atoms with van der Waals surface area (Å²) in [5.41, 5.74) is 5.91. The molecule has 0 saturated heterocycles. The van der Waals surface area contributed by atoms with E-state index in [0.717, 1.165) is 0 Å². The maximum atomic E-state index is 12.4. The van der Waals surface area contributed by atoms with Gasteiger partial charge < -0.3 is 10.8 Å². The van der Waals surface area contributed by atoms with Gasteiger partial charge in [-0.3, -0.25) is 0 Å². The van der Waals surface area contributed by atoms with Gasteiger partial charge in [0, 0.05) is 0 Å². The average molecular weight is 139 g/mol. The molecule has 0 aliphatic heterocycles. The number of rotatable bonds is 1. The third kappa shape index (κ3) is 1.27. The highest BCUT2D eigenvalue weighted by Crippen LogP contribution is 2.04. The quantitative estimate of drug-likeness (QED) is 0.402. The van der Waals surface area contributed by atoms with Crippen molar-refractivity contribution in [1.82, 2.24) is 0 Å². The van der Waals surface area contributed by atoms with E-state index in [1.165, 1.54) is 18.2 Å². The summed E-state index contributed by atoms with van der Waals surface area (Å²) in [5, 5.41) is 8.57. The normalized spacial score (nSPS) is 9.40. The summed E-state index contributed by atoms with van der Waals surface area (Å²) in [6.07, 6.45) is 0. The molecule has 0 saturated carbocycles. The third-order valence-electron chi connectivity index (χ3n) is 1.24. The van der Waals surface area contributed by atoms with E-state index >= 15 is 0 Å². The molecule has 0 spiro atoms. The minimum Gasteiger partial charge on any atom is -0.449 e. The van der Waals surface area contributed by atoms with E-state index in [1.807, 2.05) is 0 Å². The van der Waals surface area contributed by atoms with Crippen LogP contribution in [0.15, 0.2) is 18.2 Å². The third-order valence-corrected chi connectivity index (χ3v) is 1.24. The van der Waals surface area contributed by atoms with Gasteiger partial charge in [-0.25, -0.2) is 4.39 Å². The van der Waals surface area contributed by atoms with E-state index < -0.39 is 5.82 Å². The Morgan fingerprint density at radius 2 is 2.20 bits per heavy atom. The van der Waals surface area contributed by atoms with Crippen LogP contribution in [0.1, 0.15) is 0 Å². The molecule has 0 atom stereocenters. The van der Waals surface area contributed by atoms with Gasteiger partial charge in [-0.15, -0.1) is 0 Å². The van der Waals surface area contributed by atoms with Crippen molar-refractivity contribution >= 4 is 18.6 Å². The standard InChI is InChI=1S/C6H7BFNO/c8-5-2-1-4(7-10)3-6(5)9/h1-3,7,10H,9H2. The fraction of sp³-hybridized carbons (Fsp3) is 0. The van der Waals surface area contributed by atoms with Gasteiger partial charge in [-0.05, 0) is 12.1 Å². The molecule has 0 aliphatic rings. The Labute approximate surface area is 58.8 Å². The van der Waals surface area contributed by atoms with Crippen molar-refractivity contribution in [3.63, 3.8) is 0 Å². The minimum atomic E-state index is -0.447. The molecule has 52 valence electrons. The lowest BCUT2D eigenvalue weighted by Gasteiger charge is -1.97. The van der Waals surface area contributed by atoms with E-state index in [4.69, 9.17) is 10.8 Å². The van der Waals surface area contributed by atoms with Gasteiger partial charge in [-0.2, -0.15) is 0 Å². The van der Waals surface area contributed by atoms with Crippen LogP contribution in [0.2, 0.25) is 0 Å². The highest BCUT2D eigenvalue weighted by atomic mass is 19.1. The number of halogens is 1. The zero-order chi connectivity index (χ0) is 7.56. The highest BCUT2D eigenvalue weighted by molar-refractivity contribution is 6.45. The molecule has 0 aliphatic carbocycles. The fourth-order valence-electron chi connectivity index (χ4n) is 0.692. The van der Waals surface area contributed by atoms with E-state index in [-0.39, 0.29) is 13.2 Å². The van der Waals surface area contributed by atoms with E-state index in [1.54, 1.807) is 0 Å². The van der Waals surface area contributed by atoms with Crippen LogP contribution >= 0.6 is 0 Å². The number of hydrogen-bond acceptors (Lipinski definition) is 2. The van der Waals surface area contributed by atoms with Gasteiger partial charge in [0.1, 0.15) is 5.82 Å². The van der Waals surface area contributed by atoms with Gasteiger partial charge >= 0.3 is 7.48 Å². The molecule has 2 nitrogen and oxygen atoms in total. The average Bonchev–Trinajstić information content (AvgIpc) is 1.95. The summed E-state index contributed by atoms with van der Waals surface area (Å²) >= 11 is 0. The van der Waals surface area contributed by atoms with Crippen molar-refractivity contribution in [1.29, 1.82) is 0 Å². The second kappa shape index (κ2) is 2.71. The Balaban J connectivity index is 3.04. The maximum absolute atomic E-state index is 12.4. The van der Waals surface area contributed by atoms with Gasteiger partial charge in [0.05, 0.1) is 5.69 Å². The molecule has 1 aromatic carbocycles. The lowest BCUT2D eigenvalue weighted by Crippen LogP contribution is -2.14. The molecule has 1 rings (SSSR count). The van der Waals surface area contributed by atoms with Gasteiger partial charge in [0.15, 0.2) is 0 Å². The van der Waals surface area contributed by atoms with Crippen LogP contribution in [0.4, 0.5) is 10.1 Å². The lowest BCUT2D eigenvalue weighted by atomic mass is 9.88. The largest absolute Gasteiger partial charge is 0.449 e. The molecule has 0 heterocycles.